The first kappa shape index (κ1) is 14.6. The van der Waals surface area contributed by atoms with Crippen LogP contribution >= 0.6 is 0 Å². The number of fused-ring (bicyclic) bond motifs is 1. The summed E-state index contributed by atoms with van der Waals surface area (Å²) in [7, 11) is 1.33. The van der Waals surface area contributed by atoms with Gasteiger partial charge in [-0.15, -0.1) is 0 Å². The molecule has 6 heteroatoms. The Morgan fingerprint density at radius 1 is 1.41 bits per heavy atom. The van der Waals surface area contributed by atoms with Crippen LogP contribution in [0.4, 0.5) is 4.39 Å². The number of halogens is 1. The van der Waals surface area contributed by atoms with Crippen LogP contribution < -0.4 is 5.32 Å². The molecule has 1 heterocycles. The van der Waals surface area contributed by atoms with Crippen molar-refractivity contribution >= 4 is 22.8 Å². The molecule has 1 aliphatic carbocycles. The number of carbonyl (C=O) groups excluding carboxylic acids is 2. The van der Waals surface area contributed by atoms with Crippen molar-refractivity contribution in [3.05, 3.63) is 35.8 Å². The number of carbonyl (C=O) groups is 2. The van der Waals surface area contributed by atoms with Crippen molar-refractivity contribution in [2.24, 2.45) is 11.8 Å². The van der Waals surface area contributed by atoms with Crippen LogP contribution in [0.15, 0.2) is 24.4 Å². The maximum Gasteiger partial charge on any atom is 0.309 e. The molecular weight excluding hydrogens is 287 g/mol. The summed E-state index contributed by atoms with van der Waals surface area (Å²) in [6.07, 6.45) is 2.98. The molecule has 1 saturated carbocycles. The quantitative estimate of drug-likeness (QED) is 0.827. The number of benzene rings is 1. The third kappa shape index (κ3) is 2.81. The SMILES string of the molecule is COC(=O)[C@H]1C[C@@H]1C(=O)NCCc1c[nH]c2ccc(F)cc12. The van der Waals surface area contributed by atoms with Gasteiger partial charge in [0.25, 0.3) is 0 Å². The molecule has 2 aromatic rings. The van der Waals surface area contributed by atoms with Gasteiger partial charge in [0.15, 0.2) is 0 Å². The largest absolute Gasteiger partial charge is 0.469 e. The lowest BCUT2D eigenvalue weighted by molar-refractivity contribution is -0.143. The second kappa shape index (κ2) is 5.79. The van der Waals surface area contributed by atoms with Gasteiger partial charge in [-0.1, -0.05) is 0 Å². The maximum absolute atomic E-state index is 13.3. The monoisotopic (exact) mass is 304 g/mol. The van der Waals surface area contributed by atoms with Gasteiger partial charge < -0.3 is 15.0 Å². The number of esters is 1. The fourth-order valence-corrected chi connectivity index (χ4v) is 2.71. The Balaban J connectivity index is 1.54. The second-order valence-electron chi connectivity index (χ2n) is 5.52. The molecule has 2 atom stereocenters. The van der Waals surface area contributed by atoms with Gasteiger partial charge >= 0.3 is 5.97 Å². The van der Waals surface area contributed by atoms with Crippen LogP contribution in [0.1, 0.15) is 12.0 Å². The summed E-state index contributed by atoms with van der Waals surface area (Å²) in [6, 6.07) is 4.58. The number of methoxy groups -OCH3 is 1. The number of hydrogen-bond acceptors (Lipinski definition) is 3. The summed E-state index contributed by atoms with van der Waals surface area (Å²) >= 11 is 0. The van der Waals surface area contributed by atoms with Crippen molar-refractivity contribution in [2.75, 3.05) is 13.7 Å². The maximum atomic E-state index is 13.3. The predicted molar refractivity (Wildman–Crippen MR) is 78.6 cm³/mol. The van der Waals surface area contributed by atoms with Gasteiger partial charge in [-0.25, -0.2) is 4.39 Å². The number of aromatic amines is 1. The van der Waals surface area contributed by atoms with Crippen LogP contribution in [0.2, 0.25) is 0 Å². The van der Waals surface area contributed by atoms with Gasteiger partial charge in [-0.2, -0.15) is 0 Å². The third-order valence-electron chi connectivity index (χ3n) is 4.05. The smallest absolute Gasteiger partial charge is 0.309 e. The van der Waals surface area contributed by atoms with Crippen molar-refractivity contribution < 1.29 is 18.7 Å². The average molecular weight is 304 g/mol. The molecular formula is C16H17FN2O3. The number of amides is 1. The summed E-state index contributed by atoms with van der Waals surface area (Å²) in [5, 5.41) is 3.64. The molecule has 116 valence electrons. The number of aromatic nitrogens is 1. The molecule has 1 aromatic heterocycles. The molecule has 0 radical (unpaired) electrons. The fourth-order valence-electron chi connectivity index (χ4n) is 2.71. The Labute approximate surface area is 126 Å². The minimum absolute atomic E-state index is 0.124. The van der Waals surface area contributed by atoms with Gasteiger partial charge in [-0.05, 0) is 36.6 Å². The van der Waals surface area contributed by atoms with E-state index < -0.39 is 0 Å². The number of hydrogen-bond donors (Lipinski definition) is 2. The van der Waals surface area contributed by atoms with Crippen molar-refractivity contribution in [1.29, 1.82) is 0 Å². The first-order valence-electron chi connectivity index (χ1n) is 7.21. The van der Waals surface area contributed by atoms with E-state index in [1.165, 1.54) is 19.2 Å². The summed E-state index contributed by atoms with van der Waals surface area (Å²) in [6.45, 7) is 0.451. The third-order valence-corrected chi connectivity index (χ3v) is 4.05. The molecule has 0 aliphatic heterocycles. The highest BCUT2D eigenvalue weighted by Crippen LogP contribution is 2.39. The van der Waals surface area contributed by atoms with Gasteiger partial charge in [-0.3, -0.25) is 9.59 Å². The second-order valence-corrected chi connectivity index (χ2v) is 5.52. The normalized spacial score (nSPS) is 19.9. The standard InChI is InChI=1S/C16H17FN2O3/c1-22-16(21)13-7-12(13)15(20)18-5-4-9-8-19-14-3-2-10(17)6-11(9)14/h2-3,6,8,12-13,19H,4-5,7H2,1H3,(H,18,20)/t12-,13-/m0/s1. The first-order valence-corrected chi connectivity index (χ1v) is 7.21. The molecule has 1 fully saturated rings. The van der Waals surface area contributed by atoms with Gasteiger partial charge in [0.05, 0.1) is 18.9 Å². The zero-order chi connectivity index (χ0) is 15.7. The Kier molecular flexibility index (Phi) is 3.83. The van der Waals surface area contributed by atoms with Crippen molar-refractivity contribution in [3.8, 4) is 0 Å². The lowest BCUT2D eigenvalue weighted by Gasteiger charge is -2.04. The Morgan fingerprint density at radius 2 is 2.23 bits per heavy atom. The van der Waals surface area contributed by atoms with Crippen LogP contribution in [0.5, 0.6) is 0 Å². The van der Waals surface area contributed by atoms with Crippen LogP contribution in [-0.2, 0) is 20.7 Å². The molecule has 5 nitrogen and oxygen atoms in total. The molecule has 1 aliphatic rings. The molecule has 0 spiro atoms. The predicted octanol–water partition coefficient (Wildman–Crippen LogP) is 1.77. The molecule has 0 saturated heterocycles. The van der Waals surface area contributed by atoms with E-state index in [1.54, 1.807) is 6.07 Å². The van der Waals surface area contributed by atoms with E-state index in [9.17, 15) is 14.0 Å². The number of H-pyrrole nitrogens is 1. The average Bonchev–Trinajstić information content (AvgIpc) is 3.23. The van der Waals surface area contributed by atoms with Crippen LogP contribution in [0.3, 0.4) is 0 Å². The van der Waals surface area contributed by atoms with Crippen molar-refractivity contribution in [2.45, 2.75) is 12.8 Å². The van der Waals surface area contributed by atoms with E-state index in [4.69, 9.17) is 0 Å². The van der Waals surface area contributed by atoms with Gasteiger partial charge in [0, 0.05) is 23.6 Å². The molecule has 3 rings (SSSR count). The summed E-state index contributed by atoms with van der Waals surface area (Å²) in [5.74, 6) is -1.30. The van der Waals surface area contributed by atoms with Crippen LogP contribution in [0, 0.1) is 17.7 Å². The Hall–Kier alpha value is -2.37. The highest BCUT2D eigenvalue weighted by molar-refractivity contribution is 5.90. The highest BCUT2D eigenvalue weighted by atomic mass is 19.1. The molecule has 0 bridgehead atoms. The molecule has 1 aromatic carbocycles. The topological polar surface area (TPSA) is 71.2 Å². The fraction of sp³-hybridized carbons (Fsp3) is 0.375. The number of nitrogens with one attached hydrogen (secondary N) is 2. The zero-order valence-corrected chi connectivity index (χ0v) is 12.2. The Bertz CT molecular complexity index is 725. The van der Waals surface area contributed by atoms with Crippen molar-refractivity contribution in [3.63, 3.8) is 0 Å². The van der Waals surface area contributed by atoms with Gasteiger partial charge in [0.2, 0.25) is 5.91 Å². The van der Waals surface area contributed by atoms with E-state index >= 15 is 0 Å². The summed E-state index contributed by atoms with van der Waals surface area (Å²) < 4.78 is 17.9. The van der Waals surface area contributed by atoms with E-state index in [1.807, 2.05) is 6.20 Å². The lowest BCUT2D eigenvalue weighted by atomic mass is 10.1. The minimum Gasteiger partial charge on any atom is -0.469 e. The first-order chi connectivity index (χ1) is 10.6. The van der Waals surface area contributed by atoms with Gasteiger partial charge in [0.1, 0.15) is 5.82 Å². The summed E-state index contributed by atoms with van der Waals surface area (Å²) in [4.78, 5) is 26.3. The van der Waals surface area contributed by atoms with Crippen LogP contribution in [-0.4, -0.2) is 30.5 Å². The molecule has 22 heavy (non-hydrogen) atoms. The number of ether oxygens (including phenoxy) is 1. The van der Waals surface area contributed by atoms with E-state index in [0.29, 0.717) is 19.4 Å². The summed E-state index contributed by atoms with van der Waals surface area (Å²) in [5.41, 5.74) is 1.82. The number of rotatable bonds is 5. The molecule has 0 unspecified atom stereocenters. The van der Waals surface area contributed by atoms with E-state index in [-0.39, 0.29) is 29.5 Å². The lowest BCUT2D eigenvalue weighted by Crippen LogP contribution is -2.28. The highest BCUT2D eigenvalue weighted by Gasteiger charge is 2.48. The van der Waals surface area contributed by atoms with Crippen molar-refractivity contribution in [1.82, 2.24) is 10.3 Å². The van der Waals surface area contributed by atoms with E-state index in [0.717, 1.165) is 16.5 Å². The van der Waals surface area contributed by atoms with Crippen LogP contribution in [0.25, 0.3) is 10.9 Å². The van der Waals surface area contributed by atoms with E-state index in [2.05, 4.69) is 15.0 Å². The Morgan fingerprint density at radius 3 is 3.00 bits per heavy atom. The zero-order valence-electron chi connectivity index (χ0n) is 12.2. The molecule has 1 amide bonds. The minimum atomic E-state index is -0.327. The molecule has 2 N–H and O–H groups in total.